The number of rotatable bonds is 6. The van der Waals surface area contributed by atoms with Crippen LogP contribution in [-0.4, -0.2) is 43.4 Å². The standard InChI is InChI=1S/C17H22N2O4S2/c1-18(24(3,20)21)16-9-5-14(6-10-16)13-15-7-11-17(12-8-15)19(2)25(4,22)23/h5-12H,13H2,1-4H3. The minimum Gasteiger partial charge on any atom is -0.274 e. The van der Waals surface area contributed by atoms with Gasteiger partial charge < -0.3 is 0 Å². The molecule has 0 radical (unpaired) electrons. The van der Waals surface area contributed by atoms with E-state index in [9.17, 15) is 16.8 Å². The second-order valence-electron chi connectivity index (χ2n) is 5.97. The minimum atomic E-state index is -3.27. The van der Waals surface area contributed by atoms with E-state index in [4.69, 9.17) is 0 Å². The molecule has 8 heteroatoms. The number of sulfonamides is 2. The average molecular weight is 383 g/mol. The lowest BCUT2D eigenvalue weighted by atomic mass is 10.0. The highest BCUT2D eigenvalue weighted by atomic mass is 32.2. The van der Waals surface area contributed by atoms with Gasteiger partial charge in [0.2, 0.25) is 20.0 Å². The van der Waals surface area contributed by atoms with Gasteiger partial charge >= 0.3 is 0 Å². The van der Waals surface area contributed by atoms with Crippen molar-refractivity contribution < 1.29 is 16.8 Å². The van der Waals surface area contributed by atoms with Crippen LogP contribution in [-0.2, 0) is 26.5 Å². The predicted octanol–water partition coefficient (Wildman–Crippen LogP) is 2.07. The molecule has 0 saturated heterocycles. The van der Waals surface area contributed by atoms with Gasteiger partial charge in [-0.2, -0.15) is 0 Å². The van der Waals surface area contributed by atoms with Crippen LogP contribution in [0.3, 0.4) is 0 Å². The summed E-state index contributed by atoms with van der Waals surface area (Å²) in [6.07, 6.45) is 3.00. The van der Waals surface area contributed by atoms with Gasteiger partial charge in [0.15, 0.2) is 0 Å². The van der Waals surface area contributed by atoms with Crippen LogP contribution in [0.1, 0.15) is 11.1 Å². The van der Waals surface area contributed by atoms with Gasteiger partial charge in [-0.25, -0.2) is 16.8 Å². The van der Waals surface area contributed by atoms with E-state index in [0.717, 1.165) is 23.6 Å². The quantitative estimate of drug-likeness (QED) is 0.766. The number of hydrogen-bond donors (Lipinski definition) is 0. The molecule has 2 rings (SSSR count). The molecule has 2 aromatic rings. The third kappa shape index (κ3) is 4.96. The molecular weight excluding hydrogens is 360 g/mol. The first-order valence-electron chi connectivity index (χ1n) is 7.54. The zero-order chi connectivity index (χ0) is 18.8. The monoisotopic (exact) mass is 382 g/mol. The zero-order valence-electron chi connectivity index (χ0n) is 14.7. The van der Waals surface area contributed by atoms with E-state index in [2.05, 4.69) is 0 Å². The summed E-state index contributed by atoms with van der Waals surface area (Å²) in [5.41, 5.74) is 3.29. The van der Waals surface area contributed by atoms with Gasteiger partial charge in [0.25, 0.3) is 0 Å². The molecule has 25 heavy (non-hydrogen) atoms. The Labute approximate surface area is 149 Å². The number of benzene rings is 2. The van der Waals surface area contributed by atoms with Gasteiger partial charge in [-0.05, 0) is 41.8 Å². The number of nitrogens with zero attached hydrogens (tertiary/aromatic N) is 2. The maximum atomic E-state index is 11.5. The summed E-state index contributed by atoms with van der Waals surface area (Å²) in [4.78, 5) is 0. The molecule has 0 aliphatic rings. The third-order valence-electron chi connectivity index (χ3n) is 4.00. The van der Waals surface area contributed by atoms with Crippen LogP contribution >= 0.6 is 0 Å². The average Bonchev–Trinajstić information content (AvgIpc) is 2.53. The highest BCUT2D eigenvalue weighted by Gasteiger charge is 2.12. The lowest BCUT2D eigenvalue weighted by molar-refractivity contribution is 0.598. The molecule has 0 atom stereocenters. The van der Waals surface area contributed by atoms with Crippen molar-refractivity contribution in [1.29, 1.82) is 0 Å². The van der Waals surface area contributed by atoms with Crippen molar-refractivity contribution >= 4 is 31.4 Å². The Kier molecular flexibility index (Phi) is 5.43. The van der Waals surface area contributed by atoms with Gasteiger partial charge in [-0.15, -0.1) is 0 Å². The van der Waals surface area contributed by atoms with Gasteiger partial charge in [0.1, 0.15) is 0 Å². The van der Waals surface area contributed by atoms with E-state index < -0.39 is 20.0 Å². The molecular formula is C17H22N2O4S2. The van der Waals surface area contributed by atoms with Crippen LogP contribution in [0.5, 0.6) is 0 Å². The van der Waals surface area contributed by atoms with Crippen molar-refractivity contribution in [2.24, 2.45) is 0 Å². The Balaban J connectivity index is 2.13. The van der Waals surface area contributed by atoms with E-state index >= 15 is 0 Å². The van der Waals surface area contributed by atoms with Crippen molar-refractivity contribution in [3.63, 3.8) is 0 Å². The molecule has 0 fully saturated rings. The molecule has 136 valence electrons. The summed E-state index contributed by atoms with van der Waals surface area (Å²) < 4.78 is 48.6. The van der Waals surface area contributed by atoms with Gasteiger partial charge in [0, 0.05) is 14.1 Å². The van der Waals surface area contributed by atoms with E-state index in [0.29, 0.717) is 17.8 Å². The molecule has 0 bridgehead atoms. The molecule has 0 spiro atoms. The molecule has 0 saturated carbocycles. The molecule has 0 aliphatic carbocycles. The van der Waals surface area contributed by atoms with Crippen LogP contribution in [0.2, 0.25) is 0 Å². The molecule has 0 aromatic heterocycles. The maximum Gasteiger partial charge on any atom is 0.231 e. The molecule has 2 aromatic carbocycles. The van der Waals surface area contributed by atoms with Crippen molar-refractivity contribution in [3.8, 4) is 0 Å². The largest absolute Gasteiger partial charge is 0.274 e. The first-order chi connectivity index (χ1) is 11.5. The van der Waals surface area contributed by atoms with Crippen LogP contribution in [0.4, 0.5) is 11.4 Å². The molecule has 6 nitrogen and oxygen atoms in total. The Morgan fingerprint density at radius 3 is 1.16 bits per heavy atom. The topological polar surface area (TPSA) is 74.8 Å². The second kappa shape index (κ2) is 7.05. The molecule has 0 heterocycles. The predicted molar refractivity (Wildman–Crippen MR) is 102 cm³/mol. The van der Waals surface area contributed by atoms with Crippen LogP contribution in [0.25, 0.3) is 0 Å². The maximum absolute atomic E-state index is 11.5. The molecule has 0 amide bonds. The first-order valence-corrected chi connectivity index (χ1v) is 11.2. The van der Waals surface area contributed by atoms with Crippen LogP contribution in [0, 0.1) is 0 Å². The highest BCUT2D eigenvalue weighted by Crippen LogP contribution is 2.20. The minimum absolute atomic E-state index is 0.608. The first kappa shape index (κ1) is 19.3. The van der Waals surface area contributed by atoms with E-state index in [1.165, 1.54) is 22.7 Å². The summed E-state index contributed by atoms with van der Waals surface area (Å²) in [5.74, 6) is 0. The van der Waals surface area contributed by atoms with E-state index in [1.54, 1.807) is 24.3 Å². The summed E-state index contributed by atoms with van der Waals surface area (Å²) in [7, 11) is -3.52. The highest BCUT2D eigenvalue weighted by molar-refractivity contribution is 7.92. The molecule has 0 aliphatic heterocycles. The fourth-order valence-corrected chi connectivity index (χ4v) is 3.28. The van der Waals surface area contributed by atoms with E-state index in [-0.39, 0.29) is 0 Å². The smallest absolute Gasteiger partial charge is 0.231 e. The number of anilines is 2. The fourth-order valence-electron chi connectivity index (χ4n) is 2.27. The zero-order valence-corrected chi connectivity index (χ0v) is 16.3. The van der Waals surface area contributed by atoms with Crippen LogP contribution < -0.4 is 8.61 Å². The summed E-state index contributed by atoms with van der Waals surface area (Å²) in [6, 6.07) is 14.6. The Morgan fingerprint density at radius 2 is 0.920 bits per heavy atom. The lowest BCUT2D eigenvalue weighted by Gasteiger charge is -2.17. The van der Waals surface area contributed by atoms with Crippen molar-refractivity contribution in [2.45, 2.75) is 6.42 Å². The van der Waals surface area contributed by atoms with Crippen molar-refractivity contribution in [2.75, 3.05) is 35.2 Å². The normalized spacial score (nSPS) is 12.0. The van der Waals surface area contributed by atoms with Gasteiger partial charge in [-0.3, -0.25) is 8.61 Å². The summed E-state index contributed by atoms with van der Waals surface area (Å²) in [5, 5.41) is 0. The van der Waals surface area contributed by atoms with Crippen molar-refractivity contribution in [3.05, 3.63) is 59.7 Å². The fraction of sp³-hybridized carbons (Fsp3) is 0.294. The van der Waals surface area contributed by atoms with E-state index in [1.807, 2.05) is 24.3 Å². The van der Waals surface area contributed by atoms with Crippen LogP contribution in [0.15, 0.2) is 48.5 Å². The SMILES string of the molecule is CN(c1ccc(Cc2ccc(N(C)S(C)(=O)=O)cc2)cc1)S(C)(=O)=O. The third-order valence-corrected chi connectivity index (χ3v) is 6.41. The molecule has 0 N–H and O–H groups in total. The Morgan fingerprint density at radius 1 is 0.640 bits per heavy atom. The lowest BCUT2D eigenvalue weighted by Crippen LogP contribution is -2.24. The van der Waals surface area contributed by atoms with Crippen molar-refractivity contribution in [1.82, 2.24) is 0 Å². The van der Waals surface area contributed by atoms with Gasteiger partial charge in [0.05, 0.1) is 23.9 Å². The second-order valence-corrected chi connectivity index (χ2v) is 10.00. The molecule has 0 unspecified atom stereocenters. The summed E-state index contributed by atoms with van der Waals surface area (Å²) in [6.45, 7) is 0. The van der Waals surface area contributed by atoms with Gasteiger partial charge in [-0.1, -0.05) is 24.3 Å². The Hall–Kier alpha value is -2.06. The number of hydrogen-bond acceptors (Lipinski definition) is 4. The Bertz CT molecular complexity index is 856. The summed E-state index contributed by atoms with van der Waals surface area (Å²) >= 11 is 0.